The van der Waals surface area contributed by atoms with Crippen molar-refractivity contribution in [3.63, 3.8) is 0 Å². The second-order valence-corrected chi connectivity index (χ2v) is 10.3. The van der Waals surface area contributed by atoms with Crippen LogP contribution in [-0.4, -0.2) is 74.0 Å². The van der Waals surface area contributed by atoms with Crippen molar-refractivity contribution < 1.29 is 9.59 Å². The van der Waals surface area contributed by atoms with Crippen LogP contribution >= 0.6 is 0 Å². The number of hydrogen-bond donors (Lipinski definition) is 2. The number of nitrogens with one attached hydrogen (secondary N) is 1. The lowest BCUT2D eigenvalue weighted by Crippen LogP contribution is -2.46. The van der Waals surface area contributed by atoms with Gasteiger partial charge in [-0.2, -0.15) is 0 Å². The Bertz CT molecular complexity index is 1020. The van der Waals surface area contributed by atoms with E-state index in [0.29, 0.717) is 24.3 Å². The van der Waals surface area contributed by atoms with Gasteiger partial charge in [0.05, 0.1) is 11.4 Å². The molecule has 0 atom stereocenters. The van der Waals surface area contributed by atoms with Gasteiger partial charge < -0.3 is 25.8 Å². The van der Waals surface area contributed by atoms with E-state index in [1.54, 1.807) is 6.07 Å². The molecule has 7 nitrogen and oxygen atoms in total. The molecule has 0 unspecified atom stereocenters. The number of nitrogens with zero attached hydrogens (tertiary/aromatic N) is 3. The van der Waals surface area contributed by atoms with Gasteiger partial charge in [0.25, 0.3) is 11.8 Å². The highest BCUT2D eigenvalue weighted by Crippen LogP contribution is 2.27. The monoisotopic (exact) mass is 463 g/mol. The Morgan fingerprint density at radius 1 is 0.794 bits per heavy atom. The van der Waals surface area contributed by atoms with Crippen LogP contribution in [0.1, 0.15) is 53.5 Å². The number of carbonyl (C=O) groups excluding carboxylic acids is 2. The zero-order chi connectivity index (χ0) is 24.3. The fourth-order valence-corrected chi connectivity index (χ4v) is 4.68. The zero-order valence-corrected chi connectivity index (χ0v) is 20.6. The number of piperazine rings is 1. The van der Waals surface area contributed by atoms with Gasteiger partial charge >= 0.3 is 0 Å². The van der Waals surface area contributed by atoms with Gasteiger partial charge in [-0.05, 0) is 47.7 Å². The van der Waals surface area contributed by atoms with E-state index in [1.807, 2.05) is 34.1 Å². The molecule has 7 heteroatoms. The Kier molecular flexibility index (Phi) is 7.12. The van der Waals surface area contributed by atoms with Crippen LogP contribution in [0.5, 0.6) is 0 Å². The lowest BCUT2D eigenvalue weighted by molar-refractivity contribution is 0.0734. The Balaban J connectivity index is 1.41. The summed E-state index contributed by atoms with van der Waals surface area (Å²) in [5, 5.41) is 3.27. The Labute approximate surface area is 202 Å². The molecule has 2 aliphatic heterocycles. The predicted octanol–water partition coefficient (Wildman–Crippen LogP) is 2.96. The first kappa shape index (κ1) is 24.1. The van der Waals surface area contributed by atoms with Gasteiger partial charge in [0.2, 0.25) is 0 Å². The van der Waals surface area contributed by atoms with E-state index in [1.165, 1.54) is 5.56 Å². The molecule has 3 N–H and O–H groups in total. The summed E-state index contributed by atoms with van der Waals surface area (Å²) in [7, 11) is 0. The first-order chi connectivity index (χ1) is 16.2. The van der Waals surface area contributed by atoms with E-state index in [-0.39, 0.29) is 17.2 Å². The van der Waals surface area contributed by atoms with Crippen LogP contribution in [0.2, 0.25) is 0 Å². The van der Waals surface area contributed by atoms with Crippen LogP contribution in [0.3, 0.4) is 0 Å². The van der Waals surface area contributed by atoms with Crippen LogP contribution in [0, 0.1) is 0 Å². The third-order valence-electron chi connectivity index (χ3n) is 6.80. The normalized spacial score (nSPS) is 17.4. The zero-order valence-electron chi connectivity index (χ0n) is 20.6. The number of hydrogen-bond acceptors (Lipinski definition) is 5. The number of benzene rings is 2. The summed E-state index contributed by atoms with van der Waals surface area (Å²) in [6.07, 6.45) is 0.868. The molecule has 4 rings (SSSR count). The maximum atomic E-state index is 13.1. The van der Waals surface area contributed by atoms with Crippen molar-refractivity contribution in [2.45, 2.75) is 32.6 Å². The molecule has 0 radical (unpaired) electrons. The predicted molar refractivity (Wildman–Crippen MR) is 138 cm³/mol. The third-order valence-corrected chi connectivity index (χ3v) is 6.80. The Morgan fingerprint density at radius 2 is 1.41 bits per heavy atom. The van der Waals surface area contributed by atoms with Crippen molar-refractivity contribution in [3.05, 3.63) is 59.2 Å². The van der Waals surface area contributed by atoms with Crippen molar-refractivity contribution in [3.8, 4) is 0 Å². The van der Waals surface area contributed by atoms with Crippen LogP contribution in [-0.2, 0) is 5.41 Å². The van der Waals surface area contributed by atoms with Gasteiger partial charge in [-0.1, -0.05) is 32.9 Å². The molecule has 0 aromatic heterocycles. The Morgan fingerprint density at radius 3 is 2.06 bits per heavy atom. The van der Waals surface area contributed by atoms with Crippen molar-refractivity contribution in [2.75, 3.05) is 63.0 Å². The molecule has 2 aromatic rings. The molecule has 2 heterocycles. The van der Waals surface area contributed by atoms with Crippen molar-refractivity contribution in [1.29, 1.82) is 0 Å². The molecule has 0 spiro atoms. The van der Waals surface area contributed by atoms with Crippen molar-refractivity contribution in [2.24, 2.45) is 0 Å². The highest BCUT2D eigenvalue weighted by molar-refractivity contribution is 5.96. The maximum Gasteiger partial charge on any atom is 0.254 e. The smallest absolute Gasteiger partial charge is 0.254 e. The van der Waals surface area contributed by atoms with Gasteiger partial charge in [0, 0.05) is 63.5 Å². The summed E-state index contributed by atoms with van der Waals surface area (Å²) in [6, 6.07) is 13.6. The molecule has 2 saturated heterocycles. The molecule has 2 aliphatic rings. The molecule has 0 saturated carbocycles. The minimum absolute atomic E-state index is 0.0323. The summed E-state index contributed by atoms with van der Waals surface area (Å²) in [5.41, 5.74) is 10.6. The van der Waals surface area contributed by atoms with Crippen LogP contribution in [0.15, 0.2) is 42.5 Å². The quantitative estimate of drug-likeness (QED) is 0.684. The van der Waals surface area contributed by atoms with Crippen LogP contribution < -0.4 is 16.0 Å². The van der Waals surface area contributed by atoms with Crippen LogP contribution in [0.25, 0.3) is 0 Å². The number of amides is 2. The largest absolute Gasteiger partial charge is 0.397 e. The molecular weight excluding hydrogens is 426 g/mol. The van der Waals surface area contributed by atoms with Gasteiger partial charge in [0.1, 0.15) is 0 Å². The highest BCUT2D eigenvalue weighted by atomic mass is 16.2. The molecule has 34 heavy (non-hydrogen) atoms. The molecule has 0 aliphatic carbocycles. The fourth-order valence-electron chi connectivity index (χ4n) is 4.68. The topological polar surface area (TPSA) is 81.9 Å². The van der Waals surface area contributed by atoms with Crippen molar-refractivity contribution in [1.82, 2.24) is 15.1 Å². The van der Waals surface area contributed by atoms with E-state index in [9.17, 15) is 9.59 Å². The number of nitrogen functional groups attached to an aromatic ring is 1. The molecular formula is C27H37N5O2. The summed E-state index contributed by atoms with van der Waals surface area (Å²) in [4.78, 5) is 32.0. The van der Waals surface area contributed by atoms with Gasteiger partial charge in [-0.3, -0.25) is 9.59 Å². The SMILES string of the molecule is CC(C)(C)c1ccc(C(=O)N2CCCN(c3ccc(C(=O)N4CCNCC4)cc3N)CC2)cc1. The molecule has 2 amide bonds. The average molecular weight is 464 g/mol. The lowest BCUT2D eigenvalue weighted by atomic mass is 9.86. The second-order valence-electron chi connectivity index (χ2n) is 10.3. The standard InChI is InChI=1S/C27H37N5O2/c1-27(2,3)22-8-5-20(6-9-22)25(33)31-14-4-13-30(17-18-31)24-10-7-21(19-23(24)28)26(34)32-15-11-29-12-16-32/h5-10,19,29H,4,11-18,28H2,1-3H3. The minimum atomic E-state index is 0.0323. The van der Waals surface area contributed by atoms with Crippen molar-refractivity contribution >= 4 is 23.2 Å². The third kappa shape index (κ3) is 5.36. The summed E-state index contributed by atoms with van der Waals surface area (Å²) < 4.78 is 0. The minimum Gasteiger partial charge on any atom is -0.397 e. The van der Waals surface area contributed by atoms with Gasteiger partial charge in [-0.15, -0.1) is 0 Å². The molecule has 2 aromatic carbocycles. The number of anilines is 2. The summed E-state index contributed by atoms with van der Waals surface area (Å²) >= 11 is 0. The number of nitrogens with two attached hydrogens (primary N) is 1. The van der Waals surface area contributed by atoms with Crippen LogP contribution in [0.4, 0.5) is 11.4 Å². The fraction of sp³-hybridized carbons (Fsp3) is 0.481. The molecule has 2 fully saturated rings. The second kappa shape index (κ2) is 10.1. The van der Waals surface area contributed by atoms with E-state index < -0.39 is 0 Å². The first-order valence-corrected chi connectivity index (χ1v) is 12.3. The average Bonchev–Trinajstić information content (AvgIpc) is 3.09. The van der Waals surface area contributed by atoms with E-state index in [2.05, 4.69) is 43.1 Å². The Hall–Kier alpha value is -3.06. The molecule has 182 valence electrons. The summed E-state index contributed by atoms with van der Waals surface area (Å²) in [6.45, 7) is 12.5. The van der Waals surface area contributed by atoms with Gasteiger partial charge in [-0.25, -0.2) is 0 Å². The number of rotatable bonds is 3. The maximum absolute atomic E-state index is 13.1. The first-order valence-electron chi connectivity index (χ1n) is 12.3. The lowest BCUT2D eigenvalue weighted by Gasteiger charge is -2.28. The summed E-state index contributed by atoms with van der Waals surface area (Å²) in [5.74, 6) is 0.108. The van der Waals surface area contributed by atoms with E-state index >= 15 is 0 Å². The van der Waals surface area contributed by atoms with Gasteiger partial charge in [0.15, 0.2) is 0 Å². The molecule has 0 bridgehead atoms. The van der Waals surface area contributed by atoms with E-state index in [4.69, 9.17) is 5.73 Å². The highest BCUT2D eigenvalue weighted by Gasteiger charge is 2.23. The van der Waals surface area contributed by atoms with E-state index in [0.717, 1.165) is 56.9 Å². The number of carbonyl (C=O) groups is 2.